The fraction of sp³-hybridized carbons (Fsp3) is 0.321. The number of pyridine rings is 1. The molecule has 0 saturated carbocycles. The Labute approximate surface area is 222 Å². The Morgan fingerprint density at radius 2 is 1.69 bits per heavy atom. The zero-order valence-electron chi connectivity index (χ0n) is 21.6. The lowest BCUT2D eigenvalue weighted by Crippen LogP contribution is -2.55. The van der Waals surface area contributed by atoms with Crippen LogP contribution in [0.15, 0.2) is 60.8 Å². The normalized spacial score (nSPS) is 14.1. The Bertz CT molecular complexity index is 1350. The van der Waals surface area contributed by atoms with E-state index >= 15 is 0 Å². The molecule has 3 rings (SSSR count). The highest BCUT2D eigenvalue weighted by molar-refractivity contribution is 5.85. The van der Waals surface area contributed by atoms with Crippen LogP contribution >= 0.6 is 0 Å². The molecule has 0 radical (unpaired) electrons. The summed E-state index contributed by atoms with van der Waals surface area (Å²) in [6.07, 6.45) is -3.98. The largest absolute Gasteiger partial charge is 0.463 e. The molecule has 0 aliphatic rings. The van der Waals surface area contributed by atoms with E-state index in [2.05, 4.69) is 10.3 Å². The minimum atomic E-state index is -4.58. The van der Waals surface area contributed by atoms with Crippen LogP contribution in [0.25, 0.3) is 0 Å². The number of ether oxygens (including phenoxy) is 2. The summed E-state index contributed by atoms with van der Waals surface area (Å²) < 4.78 is 76.1. The van der Waals surface area contributed by atoms with E-state index in [9.17, 15) is 32.0 Å². The molecule has 0 bridgehead atoms. The Balaban J connectivity index is 1.97. The molecular weight excluding hydrogens is 520 g/mol. The van der Waals surface area contributed by atoms with Crippen LogP contribution in [0.5, 0.6) is 11.6 Å². The summed E-state index contributed by atoms with van der Waals surface area (Å²) in [6, 6.07) is 13.8. The second-order valence-electron chi connectivity index (χ2n) is 9.54. The second kappa shape index (κ2) is 11.3. The summed E-state index contributed by atoms with van der Waals surface area (Å²) in [7, 11) is 0. The molecule has 39 heavy (non-hydrogen) atoms. The fourth-order valence-corrected chi connectivity index (χ4v) is 3.95. The predicted molar refractivity (Wildman–Crippen MR) is 132 cm³/mol. The molecule has 0 saturated heterocycles. The number of halogens is 5. The van der Waals surface area contributed by atoms with Crippen molar-refractivity contribution in [1.29, 1.82) is 5.26 Å². The van der Waals surface area contributed by atoms with E-state index in [1.54, 1.807) is 26.0 Å². The summed E-state index contributed by atoms with van der Waals surface area (Å²) >= 11 is 0. The van der Waals surface area contributed by atoms with Crippen molar-refractivity contribution in [2.75, 3.05) is 6.86 Å². The summed E-state index contributed by atoms with van der Waals surface area (Å²) in [5.74, 6) is -1.85. The Hall–Kier alpha value is -4.20. The van der Waals surface area contributed by atoms with Gasteiger partial charge in [0, 0.05) is 18.2 Å². The minimum absolute atomic E-state index is 0.0919. The van der Waals surface area contributed by atoms with Crippen molar-refractivity contribution in [3.8, 4) is 17.7 Å². The molecule has 2 atom stereocenters. The van der Waals surface area contributed by atoms with Gasteiger partial charge in [0.25, 0.3) is 5.91 Å². The number of benzene rings is 2. The van der Waals surface area contributed by atoms with Crippen LogP contribution in [0.2, 0.25) is 0 Å². The van der Waals surface area contributed by atoms with Crippen molar-refractivity contribution < 1.29 is 36.2 Å². The lowest BCUT2D eigenvalue weighted by molar-refractivity contribution is -0.139. The highest BCUT2D eigenvalue weighted by Gasteiger charge is 2.41. The Morgan fingerprint density at radius 1 is 1.05 bits per heavy atom. The van der Waals surface area contributed by atoms with E-state index in [0.717, 1.165) is 18.2 Å². The SMILES string of the molecule is CC(c1cc(F)cc(C#N)c1)C(C)(NC(=O)C(C)(C)Oc1ccc(C(F)(F)F)cn1)c1ccc(OC[18F])cc1. The maximum atomic E-state index is 14.3. The lowest BCUT2D eigenvalue weighted by atomic mass is 9.76. The van der Waals surface area contributed by atoms with Gasteiger partial charge >= 0.3 is 6.18 Å². The van der Waals surface area contributed by atoms with Gasteiger partial charge in [0.15, 0.2) is 5.60 Å². The van der Waals surface area contributed by atoms with Gasteiger partial charge in [-0.05, 0) is 68.3 Å². The van der Waals surface area contributed by atoms with Crippen molar-refractivity contribution in [3.63, 3.8) is 0 Å². The molecule has 11 heteroatoms. The van der Waals surface area contributed by atoms with Gasteiger partial charge < -0.3 is 14.8 Å². The van der Waals surface area contributed by atoms with Crippen LogP contribution in [-0.4, -0.2) is 23.4 Å². The predicted octanol–water partition coefficient (Wildman–Crippen LogP) is 6.41. The summed E-state index contributed by atoms with van der Waals surface area (Å²) in [5.41, 5.74) is -2.76. The Kier molecular flexibility index (Phi) is 8.48. The summed E-state index contributed by atoms with van der Waals surface area (Å²) in [4.78, 5) is 17.2. The van der Waals surface area contributed by atoms with Gasteiger partial charge in [0.1, 0.15) is 11.6 Å². The number of hydrogen-bond acceptors (Lipinski definition) is 5. The molecule has 0 fully saturated rings. The van der Waals surface area contributed by atoms with Gasteiger partial charge in [-0.3, -0.25) is 4.79 Å². The van der Waals surface area contributed by atoms with Gasteiger partial charge in [-0.25, -0.2) is 13.8 Å². The monoisotopic (exact) mass is 546 g/mol. The molecule has 2 aromatic carbocycles. The zero-order chi connectivity index (χ0) is 29.0. The van der Waals surface area contributed by atoms with Gasteiger partial charge in [-0.2, -0.15) is 18.4 Å². The molecule has 1 aromatic heterocycles. The number of nitriles is 1. The molecule has 0 spiro atoms. The maximum absolute atomic E-state index is 14.3. The zero-order valence-corrected chi connectivity index (χ0v) is 21.6. The van der Waals surface area contributed by atoms with E-state index in [1.807, 2.05) is 6.07 Å². The molecule has 6 nitrogen and oxygen atoms in total. The highest BCUT2D eigenvalue weighted by Crippen LogP contribution is 2.39. The number of alkyl halides is 4. The van der Waals surface area contributed by atoms with Crippen molar-refractivity contribution in [1.82, 2.24) is 10.3 Å². The van der Waals surface area contributed by atoms with Crippen molar-refractivity contribution in [2.45, 2.75) is 50.9 Å². The van der Waals surface area contributed by atoms with Gasteiger partial charge in [-0.1, -0.05) is 19.1 Å². The van der Waals surface area contributed by atoms with E-state index in [4.69, 9.17) is 9.47 Å². The number of carbonyl (C=O) groups is 1. The lowest BCUT2D eigenvalue weighted by Gasteiger charge is -2.40. The number of carbonyl (C=O) groups excluding carboxylic acids is 1. The number of rotatable bonds is 9. The third kappa shape index (κ3) is 6.82. The second-order valence-corrected chi connectivity index (χ2v) is 9.54. The number of nitrogens with one attached hydrogen (secondary N) is 1. The van der Waals surface area contributed by atoms with Crippen LogP contribution in [-0.2, 0) is 16.5 Å². The molecule has 1 heterocycles. The van der Waals surface area contributed by atoms with E-state index in [0.29, 0.717) is 17.3 Å². The number of amides is 1. The first-order valence-corrected chi connectivity index (χ1v) is 11.7. The first kappa shape index (κ1) is 29.4. The quantitative estimate of drug-likeness (QED) is 0.314. The van der Waals surface area contributed by atoms with Crippen LogP contribution in [0.3, 0.4) is 0 Å². The Morgan fingerprint density at radius 3 is 2.23 bits per heavy atom. The number of nitrogens with zero attached hydrogens (tertiary/aromatic N) is 2. The minimum Gasteiger partial charge on any atom is -0.463 e. The van der Waals surface area contributed by atoms with Crippen molar-refractivity contribution >= 4 is 5.91 Å². The molecule has 1 amide bonds. The molecule has 0 aliphatic carbocycles. The van der Waals surface area contributed by atoms with Gasteiger partial charge in [0.2, 0.25) is 12.7 Å². The topological polar surface area (TPSA) is 84.2 Å². The molecule has 206 valence electrons. The standard InChI is InChI=1S/C28H26F5N3O3/c1-17(19-11-18(14-34)12-22(30)13-19)27(4,20-5-8-23(9-6-20)38-16-29)36-25(37)26(2,3)39-24-10-7-21(15-35-24)28(31,32)33/h5-13,15,17H,16H2,1-4H3,(H,36,37)/i29-1. The molecule has 0 aliphatic heterocycles. The fourth-order valence-electron chi connectivity index (χ4n) is 3.95. The summed E-state index contributed by atoms with van der Waals surface area (Å²) in [5, 5.41) is 12.2. The van der Waals surface area contributed by atoms with E-state index < -0.39 is 47.4 Å². The van der Waals surface area contributed by atoms with Crippen LogP contribution in [0, 0.1) is 17.1 Å². The van der Waals surface area contributed by atoms with Crippen LogP contribution in [0.4, 0.5) is 22.0 Å². The molecular formula is C28H26F5N3O3. The average Bonchev–Trinajstić information content (AvgIpc) is 2.87. The van der Waals surface area contributed by atoms with Crippen molar-refractivity contribution in [2.24, 2.45) is 0 Å². The third-order valence-corrected chi connectivity index (χ3v) is 6.43. The number of hydrogen-bond donors (Lipinski definition) is 1. The van der Waals surface area contributed by atoms with E-state index in [1.165, 1.54) is 38.1 Å². The van der Waals surface area contributed by atoms with Gasteiger partial charge in [0.05, 0.1) is 22.7 Å². The number of aromatic nitrogens is 1. The first-order chi connectivity index (χ1) is 18.2. The highest BCUT2D eigenvalue weighted by atomic mass is 19.4. The average molecular weight is 547 g/mol. The smallest absolute Gasteiger partial charge is 0.417 e. The first-order valence-electron chi connectivity index (χ1n) is 11.7. The third-order valence-electron chi connectivity index (χ3n) is 6.43. The molecule has 2 unspecified atom stereocenters. The summed E-state index contributed by atoms with van der Waals surface area (Å²) in [6.45, 7) is 5.22. The van der Waals surface area contributed by atoms with Gasteiger partial charge in [-0.15, -0.1) is 0 Å². The van der Waals surface area contributed by atoms with Crippen molar-refractivity contribution in [3.05, 3.63) is 88.9 Å². The van der Waals surface area contributed by atoms with Crippen LogP contribution < -0.4 is 14.8 Å². The van der Waals surface area contributed by atoms with Crippen LogP contribution in [0.1, 0.15) is 55.9 Å². The van der Waals surface area contributed by atoms with E-state index in [-0.39, 0.29) is 17.2 Å². The molecule has 1 N–H and O–H groups in total. The molecule has 3 aromatic rings. The maximum Gasteiger partial charge on any atom is 0.417 e.